The van der Waals surface area contributed by atoms with Gasteiger partial charge in [0, 0.05) is 18.4 Å². The van der Waals surface area contributed by atoms with E-state index >= 15 is 0 Å². The molecule has 2 amide bonds. The molecule has 2 aromatic rings. The van der Waals surface area contributed by atoms with Crippen LogP contribution in [0.2, 0.25) is 5.02 Å². The third-order valence-corrected chi connectivity index (χ3v) is 3.65. The van der Waals surface area contributed by atoms with Crippen LogP contribution < -0.4 is 10.6 Å². The van der Waals surface area contributed by atoms with Gasteiger partial charge in [-0.3, -0.25) is 10.1 Å². The molecule has 8 heteroatoms. The van der Waals surface area contributed by atoms with Crippen LogP contribution in [0.4, 0.5) is 16.2 Å². The molecule has 0 aromatic heterocycles. The Labute approximate surface area is 143 Å². The second kappa shape index (κ2) is 8.28. The maximum Gasteiger partial charge on any atom is 0.319 e. The minimum Gasteiger partial charge on any atom is -0.396 e. The number of carbonyl (C=O) groups excluding carboxylic acids is 1. The lowest BCUT2D eigenvalue weighted by atomic mass is 10.0. The summed E-state index contributed by atoms with van der Waals surface area (Å²) in [5.41, 5.74) is 0.813. The minimum atomic E-state index is -0.621. The summed E-state index contributed by atoms with van der Waals surface area (Å²) < 4.78 is 0. The van der Waals surface area contributed by atoms with Crippen molar-refractivity contribution in [3.05, 3.63) is 69.2 Å². The Kier molecular flexibility index (Phi) is 6.11. The number of hydrogen-bond acceptors (Lipinski definition) is 4. The van der Waals surface area contributed by atoms with Crippen molar-refractivity contribution in [1.29, 1.82) is 0 Å². The topological polar surface area (TPSA) is 104 Å². The molecule has 0 aliphatic heterocycles. The van der Waals surface area contributed by atoms with Gasteiger partial charge in [-0.2, -0.15) is 0 Å². The molecule has 0 radical (unpaired) electrons. The highest BCUT2D eigenvalue weighted by atomic mass is 35.5. The highest BCUT2D eigenvalue weighted by Crippen LogP contribution is 2.27. The highest BCUT2D eigenvalue weighted by molar-refractivity contribution is 6.32. The molecule has 2 aromatic carbocycles. The summed E-state index contributed by atoms with van der Waals surface area (Å²) in [5.74, 6) is 0. The van der Waals surface area contributed by atoms with Gasteiger partial charge in [-0.15, -0.1) is 0 Å². The number of nitro benzene ring substituents is 1. The lowest BCUT2D eigenvalue weighted by molar-refractivity contribution is -0.384. The fraction of sp³-hybridized carbons (Fsp3) is 0.188. The van der Waals surface area contributed by atoms with Gasteiger partial charge in [0.1, 0.15) is 5.02 Å². The number of halogens is 1. The van der Waals surface area contributed by atoms with Crippen LogP contribution in [0.3, 0.4) is 0 Å². The van der Waals surface area contributed by atoms with Crippen molar-refractivity contribution in [1.82, 2.24) is 5.32 Å². The molecule has 1 atom stereocenters. The van der Waals surface area contributed by atoms with E-state index in [1.54, 1.807) is 0 Å². The summed E-state index contributed by atoms with van der Waals surface area (Å²) in [5, 5.41) is 25.3. The Morgan fingerprint density at radius 1 is 1.25 bits per heavy atom. The molecule has 0 bridgehead atoms. The van der Waals surface area contributed by atoms with Gasteiger partial charge in [-0.05, 0) is 24.1 Å². The fourth-order valence-corrected chi connectivity index (χ4v) is 2.38. The molecule has 24 heavy (non-hydrogen) atoms. The van der Waals surface area contributed by atoms with Crippen LogP contribution in [0.15, 0.2) is 48.5 Å². The van der Waals surface area contributed by atoms with Crippen LogP contribution in [0.5, 0.6) is 0 Å². The number of rotatable bonds is 6. The molecule has 3 N–H and O–H groups in total. The largest absolute Gasteiger partial charge is 0.396 e. The molecule has 7 nitrogen and oxygen atoms in total. The van der Waals surface area contributed by atoms with Crippen molar-refractivity contribution in [2.45, 2.75) is 12.5 Å². The molecule has 0 saturated carbocycles. The smallest absolute Gasteiger partial charge is 0.319 e. The first-order valence-electron chi connectivity index (χ1n) is 7.18. The number of anilines is 1. The van der Waals surface area contributed by atoms with E-state index in [-0.39, 0.29) is 29.0 Å². The van der Waals surface area contributed by atoms with Gasteiger partial charge in [-0.1, -0.05) is 41.9 Å². The molecule has 0 fully saturated rings. The molecule has 0 saturated heterocycles. The van der Waals surface area contributed by atoms with E-state index < -0.39 is 11.0 Å². The number of amides is 2. The van der Waals surface area contributed by atoms with Crippen LogP contribution >= 0.6 is 11.6 Å². The normalized spacial score (nSPS) is 11.6. The molecular weight excluding hydrogens is 334 g/mol. The van der Waals surface area contributed by atoms with Crippen molar-refractivity contribution >= 4 is 29.0 Å². The Morgan fingerprint density at radius 3 is 2.58 bits per heavy atom. The fourth-order valence-electron chi connectivity index (χ4n) is 2.19. The zero-order chi connectivity index (χ0) is 17.5. The Morgan fingerprint density at radius 2 is 1.96 bits per heavy atom. The lowest BCUT2D eigenvalue weighted by Crippen LogP contribution is -2.33. The summed E-state index contributed by atoms with van der Waals surface area (Å²) in [7, 11) is 0. The number of aliphatic hydroxyl groups is 1. The van der Waals surface area contributed by atoms with Crippen molar-refractivity contribution < 1.29 is 14.8 Å². The molecule has 0 heterocycles. The predicted molar refractivity (Wildman–Crippen MR) is 91.1 cm³/mol. The number of nitrogens with one attached hydrogen (secondary N) is 2. The quantitative estimate of drug-likeness (QED) is 0.548. The van der Waals surface area contributed by atoms with Crippen molar-refractivity contribution in [3.63, 3.8) is 0 Å². The Hall–Kier alpha value is -2.64. The van der Waals surface area contributed by atoms with E-state index in [1.807, 2.05) is 30.3 Å². The van der Waals surface area contributed by atoms with Crippen molar-refractivity contribution in [2.24, 2.45) is 0 Å². The van der Waals surface area contributed by atoms with Crippen molar-refractivity contribution in [3.8, 4) is 0 Å². The molecule has 0 aliphatic rings. The third-order valence-electron chi connectivity index (χ3n) is 3.33. The number of carbonyl (C=O) groups is 1. The van der Waals surface area contributed by atoms with E-state index in [0.717, 1.165) is 5.56 Å². The number of urea groups is 1. The first-order valence-corrected chi connectivity index (χ1v) is 7.56. The average molecular weight is 350 g/mol. The van der Waals surface area contributed by atoms with Crippen LogP contribution in [-0.2, 0) is 0 Å². The predicted octanol–water partition coefficient (Wildman–Crippen LogP) is 3.49. The molecule has 0 aliphatic carbocycles. The maximum atomic E-state index is 12.1. The van der Waals surface area contributed by atoms with Gasteiger partial charge in [0.2, 0.25) is 0 Å². The van der Waals surface area contributed by atoms with E-state index in [0.29, 0.717) is 6.42 Å². The van der Waals surface area contributed by atoms with E-state index in [4.69, 9.17) is 16.7 Å². The first kappa shape index (κ1) is 17.7. The van der Waals surface area contributed by atoms with Gasteiger partial charge in [0.05, 0.1) is 11.0 Å². The number of hydrogen-bond donors (Lipinski definition) is 3. The van der Waals surface area contributed by atoms with Crippen LogP contribution in [0, 0.1) is 10.1 Å². The van der Waals surface area contributed by atoms with E-state index in [2.05, 4.69) is 10.6 Å². The summed E-state index contributed by atoms with van der Waals surface area (Å²) in [6.45, 7) is -0.0910. The number of aliphatic hydroxyl groups excluding tert-OH is 1. The zero-order valence-electron chi connectivity index (χ0n) is 12.6. The number of nitro groups is 1. The zero-order valence-corrected chi connectivity index (χ0v) is 13.4. The SMILES string of the molecule is O=C(Nc1ccc(Cl)c([N+](=O)[O-])c1)N[C@H](CCO)c1ccccc1. The molecule has 0 unspecified atom stereocenters. The highest BCUT2D eigenvalue weighted by Gasteiger charge is 2.16. The van der Waals surface area contributed by atoms with Crippen LogP contribution in [0.25, 0.3) is 0 Å². The Balaban J connectivity index is 2.09. The van der Waals surface area contributed by atoms with Crippen LogP contribution in [0.1, 0.15) is 18.0 Å². The third kappa shape index (κ3) is 4.68. The first-order chi connectivity index (χ1) is 11.5. The van der Waals surface area contributed by atoms with Crippen molar-refractivity contribution in [2.75, 3.05) is 11.9 Å². The second-order valence-electron chi connectivity index (χ2n) is 5.00. The van der Waals surface area contributed by atoms with Gasteiger partial charge in [0.25, 0.3) is 5.69 Å². The number of benzene rings is 2. The Bertz CT molecular complexity index is 725. The molecule has 126 valence electrons. The number of nitrogens with zero attached hydrogens (tertiary/aromatic N) is 1. The maximum absolute atomic E-state index is 12.1. The average Bonchev–Trinajstić information content (AvgIpc) is 2.57. The molecule has 0 spiro atoms. The van der Waals surface area contributed by atoms with Gasteiger partial charge < -0.3 is 15.7 Å². The monoisotopic (exact) mass is 349 g/mol. The standard InChI is InChI=1S/C16H16ClN3O4/c17-13-7-6-12(10-15(13)20(23)24)18-16(22)19-14(8-9-21)11-4-2-1-3-5-11/h1-7,10,14,21H,8-9H2,(H2,18,19,22)/t14-/m1/s1. The minimum absolute atomic E-state index is 0.00611. The summed E-state index contributed by atoms with van der Waals surface area (Å²) in [6, 6.07) is 12.3. The van der Waals surface area contributed by atoms with Gasteiger partial charge >= 0.3 is 6.03 Å². The summed E-state index contributed by atoms with van der Waals surface area (Å²) >= 11 is 5.74. The summed E-state index contributed by atoms with van der Waals surface area (Å²) in [4.78, 5) is 22.4. The van der Waals surface area contributed by atoms with Gasteiger partial charge in [0.15, 0.2) is 0 Å². The van der Waals surface area contributed by atoms with E-state index in [1.165, 1.54) is 18.2 Å². The van der Waals surface area contributed by atoms with E-state index in [9.17, 15) is 14.9 Å². The van der Waals surface area contributed by atoms with Crippen LogP contribution in [-0.4, -0.2) is 22.7 Å². The van der Waals surface area contributed by atoms with Gasteiger partial charge in [-0.25, -0.2) is 4.79 Å². The molecular formula is C16H16ClN3O4. The molecule has 2 rings (SSSR count). The lowest BCUT2D eigenvalue weighted by Gasteiger charge is -2.18. The second-order valence-corrected chi connectivity index (χ2v) is 5.40. The summed E-state index contributed by atoms with van der Waals surface area (Å²) in [6.07, 6.45) is 0.345.